The van der Waals surface area contributed by atoms with Gasteiger partial charge in [-0.3, -0.25) is 14.2 Å². The first-order valence-corrected chi connectivity index (χ1v) is 8.10. The highest BCUT2D eigenvalue weighted by molar-refractivity contribution is 5.90. The highest BCUT2D eigenvalue weighted by Crippen LogP contribution is 2.28. The summed E-state index contributed by atoms with van der Waals surface area (Å²) in [6.07, 6.45) is 0. The maximum absolute atomic E-state index is 12.8. The Bertz CT molecular complexity index is 822. The number of aromatic nitrogens is 1. The molecule has 0 bridgehead atoms. The predicted molar refractivity (Wildman–Crippen MR) is 91.6 cm³/mol. The number of methoxy groups -OCH3 is 1. The van der Waals surface area contributed by atoms with Gasteiger partial charge in [0.25, 0.3) is 5.56 Å². The Balaban J connectivity index is 2.14. The minimum Gasteiger partial charge on any atom is -0.495 e. The number of morpholine rings is 1. The largest absolute Gasteiger partial charge is 0.495 e. The summed E-state index contributed by atoms with van der Waals surface area (Å²) in [7, 11) is 1.57. The van der Waals surface area contributed by atoms with Crippen molar-refractivity contribution in [2.24, 2.45) is 0 Å². The average Bonchev–Trinajstić information content (AvgIpc) is 2.61. The Morgan fingerprint density at radius 3 is 2.67 bits per heavy atom. The van der Waals surface area contributed by atoms with Crippen LogP contribution in [0, 0.1) is 6.92 Å². The van der Waals surface area contributed by atoms with Crippen LogP contribution in [0.15, 0.2) is 29.1 Å². The van der Waals surface area contributed by atoms with Gasteiger partial charge in [0.05, 0.1) is 25.8 Å². The molecule has 1 aromatic heterocycles. The molecule has 1 aliphatic heterocycles. The molecule has 1 saturated heterocycles. The number of rotatable bonds is 3. The lowest BCUT2D eigenvalue weighted by atomic mass is 10.1. The zero-order chi connectivity index (χ0) is 17.3. The summed E-state index contributed by atoms with van der Waals surface area (Å²) in [5.74, 6) is 0.520. The van der Waals surface area contributed by atoms with Crippen LogP contribution < -0.4 is 10.3 Å². The summed E-state index contributed by atoms with van der Waals surface area (Å²) >= 11 is 0. The van der Waals surface area contributed by atoms with Crippen molar-refractivity contribution >= 4 is 16.8 Å². The summed E-state index contributed by atoms with van der Waals surface area (Å²) in [5, 5.41) is 0.913. The van der Waals surface area contributed by atoms with E-state index in [0.717, 1.165) is 10.9 Å². The Hall–Kier alpha value is -2.34. The fraction of sp³-hybridized carbons (Fsp3) is 0.444. The molecule has 6 nitrogen and oxygen atoms in total. The minimum atomic E-state index is -0.602. The van der Waals surface area contributed by atoms with E-state index in [-0.39, 0.29) is 11.5 Å². The number of nitrogens with zero attached hydrogens (tertiary/aromatic N) is 2. The second-order valence-electron chi connectivity index (χ2n) is 6.01. The molecule has 2 heterocycles. The first-order valence-electron chi connectivity index (χ1n) is 8.10. The van der Waals surface area contributed by atoms with Crippen molar-refractivity contribution in [2.45, 2.75) is 19.9 Å². The zero-order valence-electron chi connectivity index (χ0n) is 14.2. The number of hydrogen-bond donors (Lipinski definition) is 0. The van der Waals surface area contributed by atoms with E-state index in [2.05, 4.69) is 0 Å². The third-order valence-electron chi connectivity index (χ3n) is 4.53. The molecule has 3 rings (SSSR count). The monoisotopic (exact) mass is 330 g/mol. The van der Waals surface area contributed by atoms with Gasteiger partial charge in [-0.15, -0.1) is 0 Å². The highest BCUT2D eigenvalue weighted by atomic mass is 16.5. The van der Waals surface area contributed by atoms with Gasteiger partial charge in [0, 0.05) is 24.5 Å². The number of carbonyl (C=O) groups is 1. The van der Waals surface area contributed by atoms with Crippen LogP contribution in [-0.2, 0) is 9.53 Å². The van der Waals surface area contributed by atoms with Gasteiger partial charge in [-0.05, 0) is 25.5 Å². The van der Waals surface area contributed by atoms with Crippen molar-refractivity contribution in [2.75, 3.05) is 33.4 Å². The van der Waals surface area contributed by atoms with E-state index in [4.69, 9.17) is 9.47 Å². The lowest BCUT2D eigenvalue weighted by Crippen LogP contribution is -2.45. The molecule has 0 saturated carbocycles. The molecule has 1 fully saturated rings. The number of aryl methyl sites for hydroxylation is 1. The number of hydrogen-bond acceptors (Lipinski definition) is 4. The van der Waals surface area contributed by atoms with Crippen LogP contribution in [0.1, 0.15) is 18.5 Å². The third-order valence-corrected chi connectivity index (χ3v) is 4.53. The smallest absolute Gasteiger partial charge is 0.252 e. The molecule has 24 heavy (non-hydrogen) atoms. The second kappa shape index (κ2) is 6.65. The summed E-state index contributed by atoms with van der Waals surface area (Å²) in [5.41, 5.74) is 1.34. The van der Waals surface area contributed by atoms with Crippen molar-refractivity contribution < 1.29 is 14.3 Å². The van der Waals surface area contributed by atoms with E-state index in [1.165, 1.54) is 0 Å². The summed E-state index contributed by atoms with van der Waals surface area (Å²) in [6.45, 7) is 5.83. The number of fused-ring (bicyclic) bond motifs is 1. The molecule has 6 heteroatoms. The predicted octanol–water partition coefficient (Wildman–Crippen LogP) is 1.74. The van der Waals surface area contributed by atoms with Crippen molar-refractivity contribution in [1.29, 1.82) is 0 Å². The molecule has 1 aromatic carbocycles. The van der Waals surface area contributed by atoms with Crippen molar-refractivity contribution in [3.63, 3.8) is 0 Å². The minimum absolute atomic E-state index is 0.0727. The molecule has 0 aliphatic carbocycles. The van der Waals surface area contributed by atoms with Gasteiger partial charge in [-0.1, -0.05) is 12.1 Å². The summed E-state index contributed by atoms with van der Waals surface area (Å²) in [6, 6.07) is 6.61. The van der Waals surface area contributed by atoms with E-state index < -0.39 is 6.04 Å². The number of ether oxygens (including phenoxy) is 2. The third kappa shape index (κ3) is 2.78. The summed E-state index contributed by atoms with van der Waals surface area (Å²) < 4.78 is 12.3. The Kier molecular flexibility index (Phi) is 4.57. The molecule has 0 spiro atoms. The Morgan fingerprint density at radius 2 is 2.00 bits per heavy atom. The quantitative estimate of drug-likeness (QED) is 0.860. The van der Waals surface area contributed by atoms with Crippen LogP contribution in [0.4, 0.5) is 0 Å². The second-order valence-corrected chi connectivity index (χ2v) is 6.01. The highest BCUT2D eigenvalue weighted by Gasteiger charge is 2.26. The van der Waals surface area contributed by atoms with E-state index in [1.54, 1.807) is 29.6 Å². The molecular weight excluding hydrogens is 308 g/mol. The fourth-order valence-corrected chi connectivity index (χ4v) is 3.24. The number of pyridine rings is 1. The van der Waals surface area contributed by atoms with E-state index in [1.807, 2.05) is 25.1 Å². The Morgan fingerprint density at radius 1 is 1.29 bits per heavy atom. The zero-order valence-corrected chi connectivity index (χ0v) is 14.2. The van der Waals surface area contributed by atoms with Crippen LogP contribution >= 0.6 is 0 Å². The van der Waals surface area contributed by atoms with Gasteiger partial charge >= 0.3 is 0 Å². The van der Waals surface area contributed by atoms with Crippen LogP contribution in [0.3, 0.4) is 0 Å². The number of benzene rings is 1. The first kappa shape index (κ1) is 16.5. The maximum atomic E-state index is 12.8. The maximum Gasteiger partial charge on any atom is 0.252 e. The summed E-state index contributed by atoms with van der Waals surface area (Å²) in [4.78, 5) is 27.3. The topological polar surface area (TPSA) is 60.8 Å². The molecule has 128 valence electrons. The van der Waals surface area contributed by atoms with Crippen LogP contribution in [0.25, 0.3) is 10.9 Å². The lowest BCUT2D eigenvalue weighted by molar-refractivity contribution is -0.138. The van der Waals surface area contributed by atoms with Crippen LogP contribution in [0.5, 0.6) is 5.75 Å². The normalized spacial score (nSPS) is 16.2. The molecule has 0 unspecified atom stereocenters. The molecule has 1 atom stereocenters. The van der Waals surface area contributed by atoms with Crippen LogP contribution in [0.2, 0.25) is 0 Å². The van der Waals surface area contributed by atoms with E-state index >= 15 is 0 Å². The van der Waals surface area contributed by atoms with Gasteiger partial charge in [0.1, 0.15) is 11.8 Å². The van der Waals surface area contributed by atoms with Crippen molar-refractivity contribution in [1.82, 2.24) is 9.47 Å². The molecule has 0 N–H and O–H groups in total. The molecule has 1 amide bonds. The number of para-hydroxylation sites is 1. The van der Waals surface area contributed by atoms with Gasteiger partial charge < -0.3 is 14.4 Å². The van der Waals surface area contributed by atoms with Gasteiger partial charge in [0.15, 0.2) is 0 Å². The van der Waals surface area contributed by atoms with Crippen molar-refractivity contribution in [3.8, 4) is 5.75 Å². The SMILES string of the molecule is COc1cccc2c(C)cc(=O)n([C@H](C)C(=O)N3CCOCC3)c12. The van der Waals surface area contributed by atoms with E-state index in [9.17, 15) is 9.59 Å². The molecule has 1 aliphatic rings. The average molecular weight is 330 g/mol. The number of carbonyl (C=O) groups excluding carboxylic acids is 1. The first-order chi connectivity index (χ1) is 11.5. The van der Waals surface area contributed by atoms with Gasteiger partial charge in [-0.25, -0.2) is 0 Å². The molecule has 0 radical (unpaired) electrons. The Labute approximate surface area is 140 Å². The fourth-order valence-electron chi connectivity index (χ4n) is 3.24. The van der Waals surface area contributed by atoms with Gasteiger partial charge in [0.2, 0.25) is 5.91 Å². The van der Waals surface area contributed by atoms with Crippen LogP contribution in [-0.4, -0.2) is 48.8 Å². The van der Waals surface area contributed by atoms with Crippen molar-refractivity contribution in [3.05, 3.63) is 40.2 Å². The number of amides is 1. The molecular formula is C18H22N2O4. The standard InChI is InChI=1S/C18H22N2O4/c1-12-11-16(21)20(17-14(12)5-4-6-15(17)23-3)13(2)18(22)19-7-9-24-10-8-19/h4-6,11,13H,7-10H2,1-3H3/t13-/m1/s1. The lowest BCUT2D eigenvalue weighted by Gasteiger charge is -2.30. The molecule has 2 aromatic rings. The van der Waals surface area contributed by atoms with E-state index in [0.29, 0.717) is 37.6 Å². The van der Waals surface area contributed by atoms with Gasteiger partial charge in [-0.2, -0.15) is 0 Å².